The first-order valence-electron chi connectivity index (χ1n) is 6.47. The minimum atomic E-state index is 0.179. The average Bonchev–Trinajstić information content (AvgIpc) is 2.26. The Morgan fingerprint density at radius 3 is 2.58 bits per heavy atom. The van der Waals surface area contributed by atoms with Crippen molar-refractivity contribution in [3.63, 3.8) is 0 Å². The molecule has 2 heterocycles. The first-order chi connectivity index (χ1) is 9.03. The third-order valence-electron chi connectivity index (χ3n) is 4.13. The maximum Gasteiger partial charge on any atom is 0.219 e. The number of rotatable bonds is 2. The molecule has 1 aromatic rings. The number of hydrogen-bond donors (Lipinski definition) is 1. The van der Waals surface area contributed by atoms with E-state index in [1.807, 2.05) is 23.1 Å². The third-order valence-corrected chi connectivity index (χ3v) is 4.13. The Balaban J connectivity index is 1.64. The Kier molecular flexibility index (Phi) is 2.59. The number of benzene rings is 1. The third kappa shape index (κ3) is 1.89. The van der Waals surface area contributed by atoms with Gasteiger partial charge in [-0.15, -0.1) is 0 Å². The van der Waals surface area contributed by atoms with Gasteiger partial charge >= 0.3 is 0 Å². The number of nitrogens with zero attached hydrogens (tertiary/aromatic N) is 2. The van der Waals surface area contributed by atoms with E-state index in [4.69, 9.17) is 10.5 Å². The minimum absolute atomic E-state index is 0.179. The quantitative estimate of drug-likeness (QED) is 0.805. The number of nitrogen functional groups attached to an aromatic ring is 1. The molecule has 1 amide bonds. The lowest BCUT2D eigenvalue weighted by Gasteiger charge is -2.60. The van der Waals surface area contributed by atoms with Crippen LogP contribution in [0.3, 0.4) is 0 Å². The fourth-order valence-electron chi connectivity index (χ4n) is 3.03. The summed E-state index contributed by atoms with van der Waals surface area (Å²) >= 11 is 0. The smallest absolute Gasteiger partial charge is 0.219 e. The number of anilines is 2. The summed E-state index contributed by atoms with van der Waals surface area (Å²) in [6.45, 7) is 5.43. The second kappa shape index (κ2) is 4.05. The Hall–Kier alpha value is -1.91. The molecule has 2 aliphatic rings. The van der Waals surface area contributed by atoms with E-state index in [2.05, 4.69) is 4.90 Å². The van der Waals surface area contributed by atoms with Gasteiger partial charge in [0.25, 0.3) is 0 Å². The molecule has 2 aliphatic heterocycles. The monoisotopic (exact) mass is 261 g/mol. The van der Waals surface area contributed by atoms with E-state index in [1.54, 1.807) is 14.0 Å². The number of amides is 1. The topological polar surface area (TPSA) is 58.8 Å². The SMILES string of the molecule is COc1cc(N2CC3(CN(C(C)=O)C3)C2)ccc1N. The summed E-state index contributed by atoms with van der Waals surface area (Å²) < 4.78 is 5.24. The van der Waals surface area contributed by atoms with Crippen LogP contribution in [0, 0.1) is 5.41 Å². The van der Waals surface area contributed by atoms with Crippen LogP contribution < -0.4 is 15.4 Å². The summed E-state index contributed by atoms with van der Waals surface area (Å²) in [5.74, 6) is 0.899. The van der Waals surface area contributed by atoms with Crippen LogP contribution >= 0.6 is 0 Å². The zero-order chi connectivity index (χ0) is 13.6. The van der Waals surface area contributed by atoms with Crippen LogP contribution in [0.4, 0.5) is 11.4 Å². The molecular formula is C14H19N3O2. The molecule has 2 fully saturated rings. The molecule has 0 aromatic heterocycles. The zero-order valence-corrected chi connectivity index (χ0v) is 11.3. The van der Waals surface area contributed by atoms with Gasteiger partial charge in [-0.05, 0) is 12.1 Å². The fraction of sp³-hybridized carbons (Fsp3) is 0.500. The first kappa shape index (κ1) is 12.1. The van der Waals surface area contributed by atoms with Crippen LogP contribution in [-0.4, -0.2) is 44.1 Å². The Bertz CT molecular complexity index is 515. The van der Waals surface area contributed by atoms with Gasteiger partial charge in [-0.1, -0.05) is 0 Å². The van der Waals surface area contributed by atoms with Crippen molar-refractivity contribution in [1.82, 2.24) is 4.90 Å². The van der Waals surface area contributed by atoms with Crippen LogP contribution in [0.25, 0.3) is 0 Å². The largest absolute Gasteiger partial charge is 0.495 e. The zero-order valence-electron chi connectivity index (χ0n) is 11.3. The number of carbonyl (C=O) groups excluding carboxylic acids is 1. The lowest BCUT2D eigenvalue weighted by Crippen LogP contribution is -2.72. The molecule has 102 valence electrons. The molecule has 3 rings (SSSR count). The molecule has 5 nitrogen and oxygen atoms in total. The molecule has 2 N–H and O–H groups in total. The van der Waals surface area contributed by atoms with Gasteiger partial charge in [0.1, 0.15) is 5.75 Å². The summed E-state index contributed by atoms with van der Waals surface area (Å²) in [4.78, 5) is 15.4. The molecule has 1 spiro atoms. The second-order valence-corrected chi connectivity index (χ2v) is 5.66. The number of carbonyl (C=O) groups is 1. The highest BCUT2D eigenvalue weighted by atomic mass is 16.5. The molecule has 0 bridgehead atoms. The van der Waals surface area contributed by atoms with E-state index in [0.29, 0.717) is 11.1 Å². The molecule has 2 saturated heterocycles. The fourth-order valence-corrected chi connectivity index (χ4v) is 3.03. The van der Waals surface area contributed by atoms with Gasteiger partial charge in [0.15, 0.2) is 0 Å². The van der Waals surface area contributed by atoms with Crippen LogP contribution in [0.5, 0.6) is 5.75 Å². The van der Waals surface area contributed by atoms with E-state index in [-0.39, 0.29) is 5.91 Å². The van der Waals surface area contributed by atoms with Crippen LogP contribution in [-0.2, 0) is 4.79 Å². The highest BCUT2D eigenvalue weighted by Crippen LogP contribution is 2.42. The van der Waals surface area contributed by atoms with Gasteiger partial charge in [-0.3, -0.25) is 4.79 Å². The summed E-state index contributed by atoms with van der Waals surface area (Å²) in [7, 11) is 1.63. The number of methoxy groups -OCH3 is 1. The first-order valence-corrected chi connectivity index (χ1v) is 6.47. The van der Waals surface area contributed by atoms with Crippen molar-refractivity contribution in [2.75, 3.05) is 43.9 Å². The normalized spacial score (nSPS) is 19.9. The van der Waals surface area contributed by atoms with Crippen molar-refractivity contribution < 1.29 is 9.53 Å². The van der Waals surface area contributed by atoms with E-state index in [0.717, 1.165) is 37.6 Å². The van der Waals surface area contributed by atoms with E-state index in [9.17, 15) is 4.79 Å². The lowest BCUT2D eigenvalue weighted by atomic mass is 9.72. The molecule has 0 unspecified atom stereocenters. The molecule has 5 heteroatoms. The van der Waals surface area contributed by atoms with Crippen molar-refractivity contribution in [3.8, 4) is 5.75 Å². The maximum absolute atomic E-state index is 11.2. The van der Waals surface area contributed by atoms with Crippen LogP contribution in [0.15, 0.2) is 18.2 Å². The Labute approximate surface area is 112 Å². The summed E-state index contributed by atoms with van der Waals surface area (Å²) in [5, 5.41) is 0. The van der Waals surface area contributed by atoms with E-state index >= 15 is 0 Å². The van der Waals surface area contributed by atoms with Crippen LogP contribution in [0.2, 0.25) is 0 Å². The average molecular weight is 261 g/mol. The Morgan fingerprint density at radius 2 is 2.00 bits per heavy atom. The summed E-state index contributed by atoms with van der Waals surface area (Å²) in [6, 6.07) is 5.87. The Morgan fingerprint density at radius 1 is 1.32 bits per heavy atom. The second-order valence-electron chi connectivity index (χ2n) is 5.66. The van der Waals surface area contributed by atoms with Gasteiger partial charge in [-0.2, -0.15) is 0 Å². The molecular weight excluding hydrogens is 242 g/mol. The van der Waals surface area contributed by atoms with E-state index < -0.39 is 0 Å². The minimum Gasteiger partial charge on any atom is -0.495 e. The van der Waals surface area contributed by atoms with Crippen molar-refractivity contribution in [1.29, 1.82) is 0 Å². The highest BCUT2D eigenvalue weighted by molar-refractivity contribution is 5.75. The predicted octanol–water partition coefficient (Wildman–Crippen LogP) is 0.946. The molecule has 0 saturated carbocycles. The van der Waals surface area contributed by atoms with Gasteiger partial charge in [0.2, 0.25) is 5.91 Å². The maximum atomic E-state index is 11.2. The lowest BCUT2D eigenvalue weighted by molar-refractivity contribution is -0.142. The molecule has 0 aliphatic carbocycles. The number of nitrogens with two attached hydrogens (primary N) is 1. The number of ether oxygens (including phenoxy) is 1. The summed E-state index contributed by atoms with van der Waals surface area (Å²) in [6.07, 6.45) is 0. The molecule has 1 aromatic carbocycles. The van der Waals surface area contributed by atoms with Gasteiger partial charge in [0.05, 0.1) is 12.8 Å². The molecule has 0 atom stereocenters. The standard InChI is InChI=1S/C14H19N3O2/c1-10(18)16-6-14(7-16)8-17(9-14)11-3-4-12(15)13(5-11)19-2/h3-5H,6-9,15H2,1-2H3. The number of likely N-dealkylation sites (tertiary alicyclic amines) is 1. The number of hydrogen-bond acceptors (Lipinski definition) is 4. The predicted molar refractivity (Wildman–Crippen MR) is 74.3 cm³/mol. The van der Waals surface area contributed by atoms with Crippen molar-refractivity contribution in [3.05, 3.63) is 18.2 Å². The van der Waals surface area contributed by atoms with Gasteiger partial charge in [0, 0.05) is 50.3 Å². The van der Waals surface area contributed by atoms with Crippen molar-refractivity contribution >= 4 is 17.3 Å². The van der Waals surface area contributed by atoms with Crippen LogP contribution in [0.1, 0.15) is 6.92 Å². The van der Waals surface area contributed by atoms with Crippen molar-refractivity contribution in [2.24, 2.45) is 5.41 Å². The van der Waals surface area contributed by atoms with Crippen molar-refractivity contribution in [2.45, 2.75) is 6.92 Å². The van der Waals surface area contributed by atoms with Gasteiger partial charge < -0.3 is 20.3 Å². The van der Waals surface area contributed by atoms with Gasteiger partial charge in [-0.25, -0.2) is 0 Å². The molecule has 19 heavy (non-hydrogen) atoms. The van der Waals surface area contributed by atoms with E-state index in [1.165, 1.54) is 0 Å². The summed E-state index contributed by atoms with van der Waals surface area (Å²) in [5.41, 5.74) is 7.93. The molecule has 0 radical (unpaired) electrons. The highest BCUT2D eigenvalue weighted by Gasteiger charge is 2.52.